The van der Waals surface area contributed by atoms with Crippen LogP contribution in [-0.4, -0.2) is 17.2 Å². The molecule has 78 valence electrons. The van der Waals surface area contributed by atoms with Crippen molar-refractivity contribution >= 4 is 0 Å². The first kappa shape index (κ1) is 9.52. The van der Waals surface area contributed by atoms with Gasteiger partial charge in [-0.05, 0) is 19.4 Å². The van der Waals surface area contributed by atoms with Gasteiger partial charge in [-0.15, -0.1) is 0 Å². The summed E-state index contributed by atoms with van der Waals surface area (Å²) in [5.41, 5.74) is 1.89. The minimum atomic E-state index is 0.542. The maximum absolute atomic E-state index is 11.3. The van der Waals surface area contributed by atoms with Crippen molar-refractivity contribution in [2.45, 2.75) is 39.3 Å². The summed E-state index contributed by atoms with van der Waals surface area (Å²) in [4.78, 5) is 0. The van der Waals surface area contributed by atoms with Crippen molar-refractivity contribution in [3.63, 3.8) is 0 Å². The molecule has 0 unspecified atom stereocenters. The molecule has 1 fully saturated rings. The van der Waals surface area contributed by atoms with E-state index in [1.807, 2.05) is 18.4 Å². The molecule has 2 rings (SSSR count). The molecule has 1 aromatic rings. The zero-order chi connectivity index (χ0) is 10.1. The molecule has 0 aromatic carbocycles. The Hall–Kier alpha value is -1.03. The normalized spacial score (nSPS) is 21.7. The van der Waals surface area contributed by atoms with Gasteiger partial charge in [0.2, 0.25) is 6.33 Å². The quantitative estimate of drug-likeness (QED) is 0.551. The van der Waals surface area contributed by atoms with E-state index in [2.05, 4.69) is 5.32 Å². The SMILES string of the molecule is Cc1c(C)[n+]([O-])cn1C[C@@H]1CCCN1. The van der Waals surface area contributed by atoms with E-state index < -0.39 is 0 Å². The molecule has 1 aromatic heterocycles. The zero-order valence-corrected chi connectivity index (χ0v) is 8.79. The summed E-state index contributed by atoms with van der Waals surface area (Å²) in [6.45, 7) is 5.89. The molecular formula is C10H17N3O. The summed E-state index contributed by atoms with van der Waals surface area (Å²) in [7, 11) is 0. The molecule has 2 heterocycles. The van der Waals surface area contributed by atoms with Gasteiger partial charge in [0.05, 0.1) is 0 Å². The molecule has 0 bridgehead atoms. The lowest BCUT2D eigenvalue weighted by Gasteiger charge is -2.07. The average Bonchev–Trinajstić information content (AvgIpc) is 2.73. The van der Waals surface area contributed by atoms with Crippen molar-refractivity contribution in [2.24, 2.45) is 0 Å². The Morgan fingerprint density at radius 1 is 1.64 bits per heavy atom. The van der Waals surface area contributed by atoms with Gasteiger partial charge < -0.3 is 10.5 Å². The number of hydrogen-bond acceptors (Lipinski definition) is 2. The molecule has 0 aliphatic carbocycles. The van der Waals surface area contributed by atoms with Crippen LogP contribution in [0.15, 0.2) is 6.33 Å². The average molecular weight is 195 g/mol. The Kier molecular flexibility index (Phi) is 2.46. The third-order valence-corrected chi connectivity index (χ3v) is 3.11. The van der Waals surface area contributed by atoms with Gasteiger partial charge in [-0.1, -0.05) is 0 Å². The third-order valence-electron chi connectivity index (χ3n) is 3.11. The maximum Gasteiger partial charge on any atom is 0.247 e. The summed E-state index contributed by atoms with van der Waals surface area (Å²) in [6.07, 6.45) is 4.11. The lowest BCUT2D eigenvalue weighted by molar-refractivity contribution is -0.611. The van der Waals surface area contributed by atoms with Crippen molar-refractivity contribution in [3.8, 4) is 0 Å². The second kappa shape index (κ2) is 3.61. The molecule has 4 nitrogen and oxygen atoms in total. The van der Waals surface area contributed by atoms with Gasteiger partial charge in [-0.2, -0.15) is 0 Å². The highest BCUT2D eigenvalue weighted by Crippen LogP contribution is 2.10. The molecule has 1 saturated heterocycles. The van der Waals surface area contributed by atoms with Crippen LogP contribution in [0.5, 0.6) is 0 Å². The van der Waals surface area contributed by atoms with E-state index in [0.717, 1.165) is 29.2 Å². The summed E-state index contributed by atoms with van der Waals surface area (Å²) in [5, 5.41) is 14.7. The van der Waals surface area contributed by atoms with Gasteiger partial charge in [0.1, 0.15) is 17.9 Å². The van der Waals surface area contributed by atoms with Crippen LogP contribution in [0.25, 0.3) is 0 Å². The molecule has 0 spiro atoms. The van der Waals surface area contributed by atoms with Gasteiger partial charge in [0.25, 0.3) is 0 Å². The first-order valence-corrected chi connectivity index (χ1v) is 5.17. The minimum absolute atomic E-state index is 0.542. The smallest absolute Gasteiger partial charge is 0.247 e. The Morgan fingerprint density at radius 2 is 2.43 bits per heavy atom. The second-order valence-electron chi connectivity index (χ2n) is 4.06. The van der Waals surface area contributed by atoms with Crippen LogP contribution in [0, 0.1) is 19.1 Å². The highest BCUT2D eigenvalue weighted by atomic mass is 16.5. The zero-order valence-electron chi connectivity index (χ0n) is 8.79. The molecule has 1 aliphatic heterocycles. The minimum Gasteiger partial charge on any atom is -0.711 e. The Balaban J connectivity index is 2.12. The molecule has 1 aliphatic rings. The van der Waals surface area contributed by atoms with Crippen LogP contribution in [0.1, 0.15) is 24.2 Å². The van der Waals surface area contributed by atoms with Crippen LogP contribution >= 0.6 is 0 Å². The largest absolute Gasteiger partial charge is 0.711 e. The summed E-state index contributed by atoms with van der Waals surface area (Å²) in [5.74, 6) is 0. The van der Waals surface area contributed by atoms with Crippen LogP contribution in [-0.2, 0) is 6.54 Å². The second-order valence-corrected chi connectivity index (χ2v) is 4.06. The van der Waals surface area contributed by atoms with Crippen LogP contribution < -0.4 is 10.0 Å². The van der Waals surface area contributed by atoms with E-state index in [1.54, 1.807) is 6.33 Å². The van der Waals surface area contributed by atoms with Crippen molar-refractivity contribution in [1.82, 2.24) is 9.88 Å². The lowest BCUT2D eigenvalue weighted by Crippen LogP contribution is -2.28. The van der Waals surface area contributed by atoms with Gasteiger partial charge in [-0.25, -0.2) is 9.30 Å². The number of rotatable bonds is 2. The highest BCUT2D eigenvalue weighted by Gasteiger charge is 2.19. The van der Waals surface area contributed by atoms with Crippen LogP contribution in [0.2, 0.25) is 0 Å². The van der Waals surface area contributed by atoms with E-state index in [-0.39, 0.29) is 0 Å². The predicted octanol–water partition coefficient (Wildman–Crippen LogP) is 0.490. The Bertz CT molecular complexity index is 326. The van der Waals surface area contributed by atoms with E-state index in [4.69, 9.17) is 0 Å². The van der Waals surface area contributed by atoms with Crippen molar-refractivity contribution in [1.29, 1.82) is 0 Å². The number of aromatic nitrogens is 2. The fraction of sp³-hybridized carbons (Fsp3) is 0.700. The van der Waals surface area contributed by atoms with Crippen molar-refractivity contribution in [3.05, 3.63) is 22.9 Å². The van der Waals surface area contributed by atoms with Crippen molar-refractivity contribution < 1.29 is 4.73 Å². The molecule has 0 saturated carbocycles. The van der Waals surface area contributed by atoms with Gasteiger partial charge in [-0.3, -0.25) is 0 Å². The predicted molar refractivity (Wildman–Crippen MR) is 53.9 cm³/mol. The van der Waals surface area contributed by atoms with Crippen LogP contribution in [0.3, 0.4) is 0 Å². The lowest BCUT2D eigenvalue weighted by atomic mass is 10.2. The van der Waals surface area contributed by atoms with Gasteiger partial charge >= 0.3 is 0 Å². The fourth-order valence-electron chi connectivity index (χ4n) is 2.00. The highest BCUT2D eigenvalue weighted by molar-refractivity contribution is 5.03. The maximum atomic E-state index is 11.3. The van der Waals surface area contributed by atoms with E-state index >= 15 is 0 Å². The molecule has 4 heteroatoms. The first-order chi connectivity index (χ1) is 6.68. The fourth-order valence-corrected chi connectivity index (χ4v) is 2.00. The van der Waals surface area contributed by atoms with Crippen LogP contribution in [0.4, 0.5) is 0 Å². The Labute approximate surface area is 84.1 Å². The van der Waals surface area contributed by atoms with Gasteiger partial charge in [0.15, 0.2) is 0 Å². The molecule has 1 atom stereocenters. The third kappa shape index (κ3) is 1.62. The summed E-state index contributed by atoms with van der Waals surface area (Å²) in [6, 6.07) is 0.542. The molecular weight excluding hydrogens is 178 g/mol. The monoisotopic (exact) mass is 195 g/mol. The Morgan fingerprint density at radius 3 is 2.93 bits per heavy atom. The first-order valence-electron chi connectivity index (χ1n) is 5.17. The molecule has 0 amide bonds. The van der Waals surface area contributed by atoms with E-state index in [1.165, 1.54) is 12.8 Å². The molecule has 1 N–H and O–H groups in total. The molecule has 0 radical (unpaired) electrons. The van der Waals surface area contributed by atoms with E-state index in [0.29, 0.717) is 6.04 Å². The summed E-state index contributed by atoms with van der Waals surface area (Å²) < 4.78 is 3.00. The van der Waals surface area contributed by atoms with E-state index in [9.17, 15) is 5.21 Å². The number of nitrogens with one attached hydrogen (secondary N) is 1. The summed E-state index contributed by atoms with van der Waals surface area (Å²) >= 11 is 0. The van der Waals surface area contributed by atoms with Gasteiger partial charge in [0, 0.05) is 19.9 Å². The standard InChI is InChI=1S/C10H17N3O/c1-8-9(2)13(14)7-12(8)6-10-4-3-5-11-10/h7,10-11H,3-6H2,1-2H3/t10-/m0/s1. The number of hydrogen-bond donors (Lipinski definition) is 1. The molecule has 14 heavy (non-hydrogen) atoms. The van der Waals surface area contributed by atoms with Crippen molar-refractivity contribution in [2.75, 3.05) is 6.54 Å². The number of nitrogens with zero attached hydrogens (tertiary/aromatic N) is 2. The topological polar surface area (TPSA) is 43.9 Å². The number of imidazole rings is 1.